The Kier molecular flexibility index (Phi) is 5.76. The largest absolute Gasteiger partial charge is 0.455 e. The van der Waals surface area contributed by atoms with Crippen LogP contribution in [0.3, 0.4) is 0 Å². The second-order valence-corrected chi connectivity index (χ2v) is 8.90. The van der Waals surface area contributed by atoms with E-state index in [9.17, 15) is 19.1 Å². The molecule has 0 amide bonds. The number of aromatic nitrogens is 1. The number of ether oxygens (including phenoxy) is 1. The van der Waals surface area contributed by atoms with Crippen LogP contribution in [0.15, 0.2) is 47.4 Å². The molecule has 0 bridgehead atoms. The van der Waals surface area contributed by atoms with Crippen LogP contribution >= 0.6 is 0 Å². The normalized spacial score (nSPS) is 12.4. The van der Waals surface area contributed by atoms with E-state index in [4.69, 9.17) is 11.2 Å². The number of ketones is 1. The molecule has 4 rings (SSSR count). The van der Waals surface area contributed by atoms with Gasteiger partial charge in [0, 0.05) is 11.8 Å². The fraction of sp³-hybridized carbons (Fsp3) is 0.214. The van der Waals surface area contributed by atoms with Crippen LogP contribution in [0.1, 0.15) is 52.2 Å². The molecule has 1 N–H and O–H groups in total. The number of aryl methyl sites for hydroxylation is 2. The second-order valence-electron chi connectivity index (χ2n) is 8.90. The maximum absolute atomic E-state index is 13.8. The van der Waals surface area contributed by atoms with Crippen molar-refractivity contribution in [3.63, 3.8) is 0 Å². The number of carbonyl (C=O) groups excluding carboxylic acids is 1. The van der Waals surface area contributed by atoms with Gasteiger partial charge in [0.15, 0.2) is 11.2 Å². The molecular formula is C28H24FNO4. The quantitative estimate of drug-likeness (QED) is 0.333. The molecule has 172 valence electrons. The number of hydrogen-bond acceptors (Lipinski definition) is 4. The van der Waals surface area contributed by atoms with Gasteiger partial charge in [0.05, 0.1) is 22.5 Å². The molecule has 5 nitrogen and oxygen atoms in total. The molecule has 0 aliphatic heterocycles. The molecule has 6 heteroatoms. The van der Waals surface area contributed by atoms with Gasteiger partial charge in [-0.2, -0.15) is 0 Å². The number of rotatable bonds is 5. The van der Waals surface area contributed by atoms with E-state index >= 15 is 0 Å². The molecular weight excluding hydrogens is 433 g/mol. The van der Waals surface area contributed by atoms with E-state index in [0.29, 0.717) is 51.6 Å². The van der Waals surface area contributed by atoms with Gasteiger partial charge in [0.1, 0.15) is 11.6 Å². The Hall–Kier alpha value is -3.95. The van der Waals surface area contributed by atoms with Crippen LogP contribution in [0.5, 0.6) is 11.5 Å². The number of nitrogens with zero attached hydrogens (tertiary/aromatic N) is 1. The number of aliphatic hydroxyl groups is 1. The highest BCUT2D eigenvalue weighted by molar-refractivity contribution is 6.08. The Morgan fingerprint density at radius 2 is 1.88 bits per heavy atom. The molecule has 1 heterocycles. The molecule has 0 fully saturated rings. The fourth-order valence-corrected chi connectivity index (χ4v) is 4.13. The lowest BCUT2D eigenvalue weighted by Gasteiger charge is -2.23. The number of carbonyl (C=O) groups is 1. The predicted molar refractivity (Wildman–Crippen MR) is 129 cm³/mol. The number of terminal acetylenes is 1. The van der Waals surface area contributed by atoms with Gasteiger partial charge in [0.25, 0.3) is 0 Å². The molecule has 1 aliphatic rings. The number of benzene rings is 2. The fourth-order valence-electron chi connectivity index (χ4n) is 4.13. The average molecular weight is 458 g/mol. The molecule has 0 saturated heterocycles. The molecule has 34 heavy (non-hydrogen) atoms. The van der Waals surface area contributed by atoms with E-state index in [-0.39, 0.29) is 11.4 Å². The van der Waals surface area contributed by atoms with Crippen LogP contribution in [-0.4, -0.2) is 15.5 Å². The number of halogens is 1. The zero-order valence-electron chi connectivity index (χ0n) is 19.4. The van der Waals surface area contributed by atoms with Gasteiger partial charge < -0.3 is 14.4 Å². The maximum atomic E-state index is 13.8. The zero-order chi connectivity index (χ0) is 24.8. The third-order valence-electron chi connectivity index (χ3n) is 5.88. The van der Waals surface area contributed by atoms with Crippen LogP contribution < -0.4 is 10.2 Å². The number of fused-ring (bicyclic) bond motifs is 1. The minimum Gasteiger partial charge on any atom is -0.455 e. The monoisotopic (exact) mass is 457 g/mol. The molecule has 0 spiro atoms. The van der Waals surface area contributed by atoms with E-state index < -0.39 is 16.8 Å². The van der Waals surface area contributed by atoms with E-state index in [1.165, 1.54) is 18.3 Å². The molecule has 0 unspecified atom stereocenters. The first-order valence-corrected chi connectivity index (χ1v) is 10.8. The lowest BCUT2D eigenvalue weighted by atomic mass is 9.97. The summed E-state index contributed by atoms with van der Waals surface area (Å²) in [5, 5.41) is 10.6. The van der Waals surface area contributed by atoms with Crippen molar-refractivity contribution in [2.75, 3.05) is 0 Å². The third-order valence-corrected chi connectivity index (χ3v) is 5.88. The molecule has 3 aromatic rings. The summed E-state index contributed by atoms with van der Waals surface area (Å²) < 4.78 is 21.8. The second kappa shape index (κ2) is 8.44. The van der Waals surface area contributed by atoms with Crippen LogP contribution in [0.4, 0.5) is 4.39 Å². The van der Waals surface area contributed by atoms with Gasteiger partial charge in [-0.05, 0) is 87.1 Å². The number of allylic oxidation sites excluding steroid dienone is 1. The summed E-state index contributed by atoms with van der Waals surface area (Å²) in [5.41, 5.74) is 1.71. The summed E-state index contributed by atoms with van der Waals surface area (Å²) in [6, 6.07) is 7.95. The highest BCUT2D eigenvalue weighted by Gasteiger charge is 2.24. The minimum absolute atomic E-state index is 0.112. The molecule has 0 atom stereocenters. The predicted octanol–water partition coefficient (Wildman–Crippen LogP) is 5.00. The SMILES string of the molecule is C#CC(=O)c1cn(-c2cc(C(C)(C)O)ccc2Oc2c(C)cc(F)cc2C)c2c(c1=O)CC=C2. The van der Waals surface area contributed by atoms with Crippen molar-refractivity contribution in [2.45, 2.75) is 39.7 Å². The first-order chi connectivity index (χ1) is 16.0. The van der Waals surface area contributed by atoms with Crippen molar-refractivity contribution in [2.24, 2.45) is 0 Å². The Balaban J connectivity index is 2.01. The van der Waals surface area contributed by atoms with Crippen molar-refractivity contribution in [3.8, 4) is 29.5 Å². The first-order valence-electron chi connectivity index (χ1n) is 10.8. The Labute approximate surface area is 197 Å². The summed E-state index contributed by atoms with van der Waals surface area (Å²) >= 11 is 0. The average Bonchev–Trinajstić information content (AvgIpc) is 3.26. The number of Topliss-reactive ketones (excluding diaryl/α,β-unsaturated/α-hetero) is 1. The summed E-state index contributed by atoms with van der Waals surface area (Å²) in [6.07, 6.45) is 10.7. The van der Waals surface area contributed by atoms with Gasteiger partial charge >= 0.3 is 0 Å². The van der Waals surface area contributed by atoms with E-state index in [2.05, 4.69) is 0 Å². The zero-order valence-corrected chi connectivity index (χ0v) is 19.4. The Morgan fingerprint density at radius 3 is 2.50 bits per heavy atom. The van der Waals surface area contributed by atoms with Crippen LogP contribution in [-0.2, 0) is 12.0 Å². The molecule has 2 aromatic carbocycles. The van der Waals surface area contributed by atoms with Gasteiger partial charge in [-0.1, -0.05) is 12.1 Å². The van der Waals surface area contributed by atoms with Gasteiger partial charge in [-0.15, -0.1) is 6.42 Å². The smallest absolute Gasteiger partial charge is 0.241 e. The lowest BCUT2D eigenvalue weighted by molar-refractivity contribution is 0.0785. The van der Waals surface area contributed by atoms with Crippen LogP contribution in [0, 0.1) is 32.0 Å². The lowest BCUT2D eigenvalue weighted by Crippen LogP contribution is -2.23. The number of pyridine rings is 1. The van der Waals surface area contributed by atoms with E-state index in [1.807, 2.05) is 12.0 Å². The summed E-state index contributed by atoms with van der Waals surface area (Å²) in [7, 11) is 0. The minimum atomic E-state index is -1.16. The molecule has 0 saturated carbocycles. The summed E-state index contributed by atoms with van der Waals surface area (Å²) in [4.78, 5) is 25.3. The standard InChI is InChI=1S/C28H24FNO4/c1-6-24(31)21-15-30(22-9-7-8-20(22)26(21)32)23-14-18(28(4,5)33)10-11-25(23)34-27-16(2)12-19(29)13-17(27)3/h1,7,9-15,33H,8H2,2-5H3. The molecule has 1 aromatic heterocycles. The topological polar surface area (TPSA) is 68.5 Å². The van der Waals surface area contributed by atoms with Gasteiger partial charge in [-0.25, -0.2) is 4.39 Å². The Bertz CT molecular complexity index is 1440. The first kappa shape index (κ1) is 23.2. The molecule has 0 radical (unpaired) electrons. The van der Waals surface area contributed by atoms with Crippen molar-refractivity contribution < 1.29 is 19.0 Å². The highest BCUT2D eigenvalue weighted by atomic mass is 19.1. The Morgan fingerprint density at radius 1 is 1.21 bits per heavy atom. The van der Waals surface area contributed by atoms with Gasteiger partial charge in [-0.3, -0.25) is 9.59 Å². The summed E-state index contributed by atoms with van der Waals surface area (Å²) in [6.45, 7) is 6.81. The highest BCUT2D eigenvalue weighted by Crippen LogP contribution is 2.37. The molecule has 1 aliphatic carbocycles. The third kappa shape index (κ3) is 4.07. The van der Waals surface area contributed by atoms with Crippen LogP contribution in [0.25, 0.3) is 11.8 Å². The number of hydrogen-bond donors (Lipinski definition) is 1. The van der Waals surface area contributed by atoms with Crippen molar-refractivity contribution in [1.82, 2.24) is 4.57 Å². The van der Waals surface area contributed by atoms with E-state index in [0.717, 1.165) is 0 Å². The van der Waals surface area contributed by atoms with Crippen molar-refractivity contribution in [3.05, 3.63) is 92.2 Å². The van der Waals surface area contributed by atoms with Crippen LogP contribution in [0.2, 0.25) is 0 Å². The maximum Gasteiger partial charge on any atom is 0.241 e. The summed E-state index contributed by atoms with van der Waals surface area (Å²) in [5.74, 6) is 1.85. The van der Waals surface area contributed by atoms with Crippen molar-refractivity contribution in [1.29, 1.82) is 0 Å². The van der Waals surface area contributed by atoms with Gasteiger partial charge in [0.2, 0.25) is 5.78 Å². The van der Waals surface area contributed by atoms with E-state index in [1.54, 1.807) is 56.5 Å². The van der Waals surface area contributed by atoms with Crippen molar-refractivity contribution >= 4 is 11.9 Å².